The second kappa shape index (κ2) is 6.36. The maximum atomic E-state index is 12.7. The lowest BCUT2D eigenvalue weighted by atomic mass is 10.3. The molecule has 0 fully saturated rings. The monoisotopic (exact) mass is 295 g/mol. The Morgan fingerprint density at radius 1 is 0.947 bits per heavy atom. The van der Waals surface area contributed by atoms with Crippen molar-refractivity contribution in [3.8, 4) is 0 Å². The van der Waals surface area contributed by atoms with Crippen LogP contribution in [-0.4, -0.2) is 5.11 Å². The maximum Gasteiger partial charge on any atom is 0.189 e. The van der Waals surface area contributed by atoms with E-state index in [9.17, 15) is 4.39 Å². The minimum absolute atomic E-state index is 0.285. The highest BCUT2D eigenvalue weighted by atomic mass is 35.5. The van der Waals surface area contributed by atoms with E-state index in [2.05, 4.69) is 16.2 Å². The molecule has 0 amide bonds. The SMILES string of the molecule is Fc1ccc(NNC(=S)Nc2ccc(Cl)cc2)cc1. The first-order valence-electron chi connectivity index (χ1n) is 5.47. The fraction of sp³-hybridized carbons (Fsp3) is 0. The van der Waals surface area contributed by atoms with Gasteiger partial charge in [0, 0.05) is 10.7 Å². The van der Waals surface area contributed by atoms with Gasteiger partial charge in [-0.1, -0.05) is 11.6 Å². The molecule has 2 aromatic rings. The number of hydrogen-bond acceptors (Lipinski definition) is 2. The largest absolute Gasteiger partial charge is 0.331 e. The normalized spacial score (nSPS) is 9.79. The highest BCUT2D eigenvalue weighted by Crippen LogP contribution is 2.13. The van der Waals surface area contributed by atoms with Crippen LogP contribution in [0.25, 0.3) is 0 Å². The van der Waals surface area contributed by atoms with Crippen molar-refractivity contribution in [1.82, 2.24) is 5.43 Å². The Balaban J connectivity index is 1.84. The third-order valence-electron chi connectivity index (χ3n) is 2.27. The van der Waals surface area contributed by atoms with Gasteiger partial charge in [0.25, 0.3) is 0 Å². The second-order valence-electron chi connectivity index (χ2n) is 3.72. The average Bonchev–Trinajstić information content (AvgIpc) is 2.41. The zero-order valence-corrected chi connectivity index (χ0v) is 11.4. The van der Waals surface area contributed by atoms with Crippen molar-refractivity contribution in [3.63, 3.8) is 0 Å². The van der Waals surface area contributed by atoms with Crippen LogP contribution in [0, 0.1) is 5.82 Å². The highest BCUT2D eigenvalue weighted by Gasteiger charge is 1.98. The van der Waals surface area contributed by atoms with Crippen LogP contribution in [0.3, 0.4) is 0 Å². The van der Waals surface area contributed by atoms with E-state index in [1.54, 1.807) is 24.3 Å². The first-order valence-corrected chi connectivity index (χ1v) is 6.26. The maximum absolute atomic E-state index is 12.7. The van der Waals surface area contributed by atoms with Crippen LogP contribution in [0.1, 0.15) is 0 Å². The molecule has 98 valence electrons. The van der Waals surface area contributed by atoms with Gasteiger partial charge in [-0.25, -0.2) is 4.39 Å². The Labute approximate surface area is 120 Å². The molecule has 0 spiro atoms. The minimum Gasteiger partial charge on any atom is -0.331 e. The van der Waals surface area contributed by atoms with Gasteiger partial charge >= 0.3 is 0 Å². The van der Waals surface area contributed by atoms with Crippen LogP contribution in [0.4, 0.5) is 15.8 Å². The summed E-state index contributed by atoms with van der Waals surface area (Å²) in [5.41, 5.74) is 7.19. The molecule has 6 heteroatoms. The molecule has 0 saturated heterocycles. The van der Waals surface area contributed by atoms with E-state index in [4.69, 9.17) is 23.8 Å². The van der Waals surface area contributed by atoms with Gasteiger partial charge in [0.2, 0.25) is 0 Å². The Bertz CT molecular complexity index is 557. The number of rotatable bonds is 3. The number of halogens is 2. The summed E-state index contributed by atoms with van der Waals surface area (Å²) in [6, 6.07) is 13.1. The summed E-state index contributed by atoms with van der Waals surface area (Å²) < 4.78 is 12.7. The summed E-state index contributed by atoms with van der Waals surface area (Å²) in [7, 11) is 0. The standard InChI is InChI=1S/C13H11ClFN3S/c14-9-1-5-11(6-2-9)16-13(19)18-17-12-7-3-10(15)4-8-12/h1-8,17H,(H2,16,18,19). The number of anilines is 2. The minimum atomic E-state index is -0.285. The van der Waals surface area contributed by atoms with Crippen molar-refractivity contribution in [3.05, 3.63) is 59.4 Å². The summed E-state index contributed by atoms with van der Waals surface area (Å²) >= 11 is 10.9. The van der Waals surface area contributed by atoms with Gasteiger partial charge in [-0.2, -0.15) is 0 Å². The zero-order chi connectivity index (χ0) is 13.7. The van der Waals surface area contributed by atoms with Gasteiger partial charge in [0.05, 0.1) is 5.69 Å². The fourth-order valence-electron chi connectivity index (χ4n) is 1.36. The van der Waals surface area contributed by atoms with Crippen molar-refractivity contribution < 1.29 is 4.39 Å². The lowest BCUT2D eigenvalue weighted by molar-refractivity contribution is 0.628. The number of benzene rings is 2. The van der Waals surface area contributed by atoms with Crippen LogP contribution < -0.4 is 16.2 Å². The van der Waals surface area contributed by atoms with Crippen LogP contribution in [0.5, 0.6) is 0 Å². The van der Waals surface area contributed by atoms with Gasteiger partial charge in [0.15, 0.2) is 5.11 Å². The molecule has 0 unspecified atom stereocenters. The van der Waals surface area contributed by atoms with Gasteiger partial charge < -0.3 is 5.32 Å². The predicted octanol–water partition coefficient (Wildman–Crippen LogP) is 3.79. The first kappa shape index (κ1) is 13.6. The molecule has 2 aromatic carbocycles. The molecule has 2 rings (SSSR count). The molecule has 0 saturated carbocycles. The molecule has 0 aliphatic heterocycles. The van der Waals surface area contributed by atoms with E-state index in [0.717, 1.165) is 5.69 Å². The van der Waals surface area contributed by atoms with Crippen molar-refractivity contribution in [2.75, 3.05) is 10.7 Å². The number of nitrogens with one attached hydrogen (secondary N) is 3. The predicted molar refractivity (Wildman–Crippen MR) is 80.8 cm³/mol. The van der Waals surface area contributed by atoms with Gasteiger partial charge in [-0.05, 0) is 60.7 Å². The molecule has 0 aliphatic carbocycles. The number of thiocarbonyl (C=S) groups is 1. The van der Waals surface area contributed by atoms with Crippen molar-refractivity contribution >= 4 is 40.3 Å². The molecule has 0 aliphatic rings. The quantitative estimate of drug-likeness (QED) is 0.595. The van der Waals surface area contributed by atoms with Crippen LogP contribution in [-0.2, 0) is 0 Å². The van der Waals surface area contributed by atoms with E-state index >= 15 is 0 Å². The lowest BCUT2D eigenvalue weighted by Gasteiger charge is -2.12. The molecular weight excluding hydrogens is 285 g/mol. The van der Waals surface area contributed by atoms with Crippen LogP contribution in [0.15, 0.2) is 48.5 Å². The summed E-state index contributed by atoms with van der Waals surface area (Å²) in [5.74, 6) is -0.285. The molecule has 0 atom stereocenters. The van der Waals surface area contributed by atoms with E-state index in [1.165, 1.54) is 12.1 Å². The van der Waals surface area contributed by atoms with E-state index < -0.39 is 0 Å². The van der Waals surface area contributed by atoms with Gasteiger partial charge in [-0.3, -0.25) is 10.9 Å². The summed E-state index contributed by atoms with van der Waals surface area (Å²) in [5, 5.41) is 4.03. The molecule has 0 radical (unpaired) electrons. The lowest BCUT2D eigenvalue weighted by Crippen LogP contribution is -2.33. The highest BCUT2D eigenvalue weighted by molar-refractivity contribution is 7.80. The Morgan fingerprint density at radius 2 is 1.53 bits per heavy atom. The smallest absolute Gasteiger partial charge is 0.189 e. The van der Waals surface area contributed by atoms with Crippen molar-refractivity contribution in [1.29, 1.82) is 0 Å². The topological polar surface area (TPSA) is 36.1 Å². The number of hydrazine groups is 1. The van der Waals surface area contributed by atoms with Crippen LogP contribution >= 0.6 is 23.8 Å². The molecule has 0 bridgehead atoms. The fourth-order valence-corrected chi connectivity index (χ4v) is 1.65. The van der Waals surface area contributed by atoms with E-state index in [1.807, 2.05) is 12.1 Å². The molecule has 3 nitrogen and oxygen atoms in total. The zero-order valence-electron chi connectivity index (χ0n) is 9.78. The number of hydrogen-bond donors (Lipinski definition) is 3. The molecule has 3 N–H and O–H groups in total. The van der Waals surface area contributed by atoms with Crippen molar-refractivity contribution in [2.24, 2.45) is 0 Å². The second-order valence-corrected chi connectivity index (χ2v) is 4.56. The molecule has 0 aromatic heterocycles. The summed E-state index contributed by atoms with van der Waals surface area (Å²) in [6.07, 6.45) is 0. The third-order valence-corrected chi connectivity index (χ3v) is 2.72. The Morgan fingerprint density at radius 3 is 2.16 bits per heavy atom. The van der Waals surface area contributed by atoms with Gasteiger partial charge in [-0.15, -0.1) is 0 Å². The summed E-state index contributed by atoms with van der Waals surface area (Å²) in [6.45, 7) is 0. The van der Waals surface area contributed by atoms with Gasteiger partial charge in [0.1, 0.15) is 5.82 Å². The molecular formula is C13H11ClFN3S. The van der Waals surface area contributed by atoms with Crippen LogP contribution in [0.2, 0.25) is 5.02 Å². The van der Waals surface area contributed by atoms with Crippen molar-refractivity contribution in [2.45, 2.75) is 0 Å². The first-order chi connectivity index (χ1) is 9.13. The third kappa shape index (κ3) is 4.39. The molecule has 19 heavy (non-hydrogen) atoms. The van der Waals surface area contributed by atoms with E-state index in [0.29, 0.717) is 15.8 Å². The summed E-state index contributed by atoms with van der Waals surface area (Å²) in [4.78, 5) is 0. The Hall–Kier alpha value is -1.85. The average molecular weight is 296 g/mol. The molecule has 0 heterocycles. The Kier molecular flexibility index (Phi) is 4.54. The van der Waals surface area contributed by atoms with E-state index in [-0.39, 0.29) is 5.82 Å².